The largest absolute Gasteiger partial charge is 0.355 e. The molecule has 0 aliphatic carbocycles. The number of rotatable bonds is 5. The van der Waals surface area contributed by atoms with Crippen molar-refractivity contribution in [3.63, 3.8) is 0 Å². The Hall–Kier alpha value is -2.09. The van der Waals surface area contributed by atoms with Crippen LogP contribution in [-0.4, -0.2) is 12.5 Å². The van der Waals surface area contributed by atoms with Gasteiger partial charge in [0.25, 0.3) is 0 Å². The predicted octanol–water partition coefficient (Wildman–Crippen LogP) is 3.46. The number of benzene rings is 2. The fourth-order valence-corrected chi connectivity index (χ4v) is 2.21. The van der Waals surface area contributed by atoms with Crippen LogP contribution in [0.25, 0.3) is 0 Å². The third kappa shape index (κ3) is 4.23. The average Bonchev–Trinajstić information content (AvgIpc) is 2.46. The van der Waals surface area contributed by atoms with E-state index < -0.39 is 0 Å². The zero-order valence-corrected chi connectivity index (χ0v) is 12.1. The second kappa shape index (κ2) is 6.90. The van der Waals surface area contributed by atoms with Crippen LogP contribution in [0.5, 0.6) is 0 Å². The molecule has 2 heteroatoms. The number of carbonyl (C=O) groups is 1. The van der Waals surface area contributed by atoms with Crippen molar-refractivity contribution in [3.05, 3.63) is 71.3 Å². The van der Waals surface area contributed by atoms with Crippen molar-refractivity contribution in [1.29, 1.82) is 0 Å². The van der Waals surface area contributed by atoms with Crippen LogP contribution in [0.15, 0.2) is 54.6 Å². The molecule has 0 aliphatic heterocycles. The molecule has 104 valence electrons. The summed E-state index contributed by atoms with van der Waals surface area (Å²) in [7, 11) is 0. The van der Waals surface area contributed by atoms with Gasteiger partial charge in [0.15, 0.2) is 0 Å². The SMILES string of the molecule is Cc1cccc(C(C)CNC(=O)Cc2ccccc2)c1. The molecule has 2 nitrogen and oxygen atoms in total. The van der Waals surface area contributed by atoms with E-state index >= 15 is 0 Å². The van der Waals surface area contributed by atoms with E-state index in [0.29, 0.717) is 18.9 Å². The Kier molecular flexibility index (Phi) is 4.94. The summed E-state index contributed by atoms with van der Waals surface area (Å²) < 4.78 is 0. The number of nitrogens with one attached hydrogen (secondary N) is 1. The maximum Gasteiger partial charge on any atom is 0.224 e. The van der Waals surface area contributed by atoms with Crippen LogP contribution in [0.2, 0.25) is 0 Å². The van der Waals surface area contributed by atoms with Crippen molar-refractivity contribution in [2.45, 2.75) is 26.2 Å². The Morgan fingerprint density at radius 1 is 1.10 bits per heavy atom. The molecule has 1 atom stereocenters. The molecule has 1 unspecified atom stereocenters. The summed E-state index contributed by atoms with van der Waals surface area (Å²) in [6, 6.07) is 18.3. The lowest BCUT2D eigenvalue weighted by Crippen LogP contribution is -2.28. The van der Waals surface area contributed by atoms with E-state index in [1.54, 1.807) is 0 Å². The molecule has 0 aromatic heterocycles. The number of amides is 1. The molecule has 0 heterocycles. The molecular weight excluding hydrogens is 246 g/mol. The lowest BCUT2D eigenvalue weighted by atomic mass is 9.99. The van der Waals surface area contributed by atoms with Gasteiger partial charge in [-0.3, -0.25) is 4.79 Å². The fourth-order valence-electron chi connectivity index (χ4n) is 2.21. The van der Waals surface area contributed by atoms with Gasteiger partial charge in [0.1, 0.15) is 0 Å². The molecule has 0 bridgehead atoms. The van der Waals surface area contributed by atoms with E-state index in [0.717, 1.165) is 5.56 Å². The van der Waals surface area contributed by atoms with E-state index in [9.17, 15) is 4.79 Å². The standard InChI is InChI=1S/C18H21NO/c1-14-7-6-10-17(11-14)15(2)13-19-18(20)12-16-8-4-3-5-9-16/h3-11,15H,12-13H2,1-2H3,(H,19,20). The normalized spacial score (nSPS) is 11.9. The number of carbonyl (C=O) groups excluding carboxylic acids is 1. The zero-order valence-electron chi connectivity index (χ0n) is 12.1. The molecule has 0 fully saturated rings. The topological polar surface area (TPSA) is 29.1 Å². The summed E-state index contributed by atoms with van der Waals surface area (Å²) in [5.74, 6) is 0.408. The summed E-state index contributed by atoms with van der Waals surface area (Å²) in [6.07, 6.45) is 0.446. The summed E-state index contributed by atoms with van der Waals surface area (Å²) in [5, 5.41) is 3.01. The second-order valence-corrected chi connectivity index (χ2v) is 5.28. The highest BCUT2D eigenvalue weighted by Crippen LogP contribution is 2.15. The van der Waals surface area contributed by atoms with Gasteiger partial charge in [-0.25, -0.2) is 0 Å². The number of hydrogen-bond acceptors (Lipinski definition) is 1. The van der Waals surface area contributed by atoms with E-state index in [1.807, 2.05) is 30.3 Å². The first-order chi connectivity index (χ1) is 9.65. The summed E-state index contributed by atoms with van der Waals surface area (Å²) in [4.78, 5) is 11.9. The van der Waals surface area contributed by atoms with Crippen LogP contribution in [0, 0.1) is 6.92 Å². The molecular formula is C18H21NO. The molecule has 2 aromatic rings. The Morgan fingerprint density at radius 3 is 2.55 bits per heavy atom. The van der Waals surface area contributed by atoms with Crippen molar-refractivity contribution in [3.8, 4) is 0 Å². The molecule has 20 heavy (non-hydrogen) atoms. The molecule has 0 saturated heterocycles. The first-order valence-corrected chi connectivity index (χ1v) is 7.02. The maximum absolute atomic E-state index is 11.9. The highest BCUT2D eigenvalue weighted by atomic mass is 16.1. The van der Waals surface area contributed by atoms with Crippen LogP contribution < -0.4 is 5.32 Å². The van der Waals surface area contributed by atoms with Crippen molar-refractivity contribution >= 4 is 5.91 Å². The molecule has 0 spiro atoms. The smallest absolute Gasteiger partial charge is 0.224 e. The van der Waals surface area contributed by atoms with Crippen LogP contribution in [-0.2, 0) is 11.2 Å². The summed E-state index contributed by atoms with van der Waals surface area (Å²) >= 11 is 0. The third-order valence-corrected chi connectivity index (χ3v) is 3.42. The monoisotopic (exact) mass is 267 g/mol. The van der Waals surface area contributed by atoms with Gasteiger partial charge in [0, 0.05) is 6.54 Å². The Labute approximate surface area is 120 Å². The predicted molar refractivity (Wildman–Crippen MR) is 82.7 cm³/mol. The molecule has 2 rings (SSSR count). The molecule has 2 aromatic carbocycles. The quantitative estimate of drug-likeness (QED) is 0.883. The van der Waals surface area contributed by atoms with Gasteiger partial charge in [0.05, 0.1) is 6.42 Å². The molecule has 0 aliphatic rings. The minimum absolute atomic E-state index is 0.0794. The summed E-state index contributed by atoms with van der Waals surface area (Å²) in [5.41, 5.74) is 3.57. The van der Waals surface area contributed by atoms with Crippen LogP contribution in [0.4, 0.5) is 0 Å². The van der Waals surface area contributed by atoms with Crippen LogP contribution >= 0.6 is 0 Å². The van der Waals surface area contributed by atoms with E-state index in [2.05, 4.69) is 43.4 Å². The second-order valence-electron chi connectivity index (χ2n) is 5.28. The zero-order chi connectivity index (χ0) is 14.4. The van der Waals surface area contributed by atoms with E-state index in [4.69, 9.17) is 0 Å². The Bertz CT molecular complexity index is 563. The molecule has 0 saturated carbocycles. The van der Waals surface area contributed by atoms with E-state index in [1.165, 1.54) is 11.1 Å². The van der Waals surface area contributed by atoms with Gasteiger partial charge in [-0.2, -0.15) is 0 Å². The van der Waals surface area contributed by atoms with Gasteiger partial charge in [-0.05, 0) is 24.0 Å². The lowest BCUT2D eigenvalue weighted by Gasteiger charge is -2.13. The molecule has 1 amide bonds. The Balaban J connectivity index is 1.84. The first-order valence-electron chi connectivity index (χ1n) is 7.02. The highest BCUT2D eigenvalue weighted by molar-refractivity contribution is 5.78. The van der Waals surface area contributed by atoms with Gasteiger partial charge < -0.3 is 5.32 Å². The van der Waals surface area contributed by atoms with Gasteiger partial charge >= 0.3 is 0 Å². The third-order valence-electron chi connectivity index (χ3n) is 3.42. The maximum atomic E-state index is 11.9. The van der Waals surface area contributed by atoms with Crippen LogP contribution in [0.3, 0.4) is 0 Å². The fraction of sp³-hybridized carbons (Fsp3) is 0.278. The van der Waals surface area contributed by atoms with Gasteiger partial charge in [0.2, 0.25) is 5.91 Å². The van der Waals surface area contributed by atoms with Gasteiger partial charge in [-0.1, -0.05) is 67.1 Å². The highest BCUT2D eigenvalue weighted by Gasteiger charge is 2.08. The first kappa shape index (κ1) is 14.3. The Morgan fingerprint density at radius 2 is 1.85 bits per heavy atom. The van der Waals surface area contributed by atoms with Crippen LogP contribution in [0.1, 0.15) is 29.5 Å². The van der Waals surface area contributed by atoms with Crippen molar-refractivity contribution < 1.29 is 4.79 Å². The van der Waals surface area contributed by atoms with Gasteiger partial charge in [-0.15, -0.1) is 0 Å². The van der Waals surface area contributed by atoms with Crippen molar-refractivity contribution in [1.82, 2.24) is 5.32 Å². The minimum atomic E-state index is 0.0794. The van der Waals surface area contributed by atoms with Crippen molar-refractivity contribution in [2.24, 2.45) is 0 Å². The average molecular weight is 267 g/mol. The van der Waals surface area contributed by atoms with Crippen molar-refractivity contribution in [2.75, 3.05) is 6.54 Å². The molecule has 1 N–H and O–H groups in total. The minimum Gasteiger partial charge on any atom is -0.355 e. The van der Waals surface area contributed by atoms with E-state index in [-0.39, 0.29) is 5.91 Å². The molecule has 0 radical (unpaired) electrons. The lowest BCUT2D eigenvalue weighted by molar-refractivity contribution is -0.120. The number of hydrogen-bond donors (Lipinski definition) is 1. The summed E-state index contributed by atoms with van der Waals surface area (Å²) in [6.45, 7) is 4.90. The number of aryl methyl sites for hydroxylation is 1.